The van der Waals surface area contributed by atoms with Crippen LogP contribution in [-0.4, -0.2) is 67.1 Å². The monoisotopic (exact) mass is 503 g/mol. The molecule has 186 valence electrons. The van der Waals surface area contributed by atoms with Gasteiger partial charge in [0.1, 0.15) is 6.04 Å². The van der Waals surface area contributed by atoms with E-state index in [2.05, 4.69) is 28.7 Å². The molecule has 1 aromatic carbocycles. The quantitative estimate of drug-likeness (QED) is 0.337. The number of thiazole rings is 1. The van der Waals surface area contributed by atoms with E-state index < -0.39 is 17.7 Å². The van der Waals surface area contributed by atoms with Crippen molar-refractivity contribution in [2.24, 2.45) is 0 Å². The number of nitrogens with zero attached hydrogens (tertiary/aromatic N) is 5. The predicted octanol–water partition coefficient (Wildman–Crippen LogP) is 4.56. The number of benzene rings is 1. The van der Waals surface area contributed by atoms with Crippen LogP contribution in [0.15, 0.2) is 60.0 Å². The van der Waals surface area contributed by atoms with E-state index in [0.29, 0.717) is 22.1 Å². The van der Waals surface area contributed by atoms with Gasteiger partial charge in [-0.15, -0.1) is 0 Å². The Kier molecular flexibility index (Phi) is 6.59. The standard InChI is InChI=1S/C27H29N5O3S/c1-4-30(5-2)15-10-16-31-22(19-12-8-9-14-28-19)21(24(34)26(31)35)23(33)25-17(3)32-20-13-7-6-11-18(20)29-27(32)36-25/h6-9,11-14,22,34H,4-5,10,15-16H2,1-3H3. The molecular formula is C27H29N5O3S. The van der Waals surface area contributed by atoms with Gasteiger partial charge in [0.15, 0.2) is 10.7 Å². The zero-order chi connectivity index (χ0) is 25.4. The van der Waals surface area contributed by atoms with Gasteiger partial charge in [0.05, 0.1) is 27.2 Å². The molecule has 1 N–H and O–H groups in total. The number of Topliss-reactive ketones (excluding diaryl/α,β-unsaturated/α-hetero) is 1. The Morgan fingerprint density at radius 1 is 1.14 bits per heavy atom. The Bertz CT molecular complexity index is 1470. The lowest BCUT2D eigenvalue weighted by Gasteiger charge is -2.27. The van der Waals surface area contributed by atoms with Crippen LogP contribution in [0.4, 0.5) is 0 Å². The molecule has 4 aromatic rings. The van der Waals surface area contributed by atoms with E-state index in [1.807, 2.05) is 41.7 Å². The van der Waals surface area contributed by atoms with Crippen molar-refractivity contribution < 1.29 is 14.7 Å². The number of aliphatic hydroxyl groups is 1. The van der Waals surface area contributed by atoms with Crippen molar-refractivity contribution in [1.29, 1.82) is 0 Å². The molecule has 36 heavy (non-hydrogen) atoms. The maximum atomic E-state index is 14.0. The molecule has 8 nitrogen and oxygen atoms in total. The number of aliphatic hydroxyl groups excluding tert-OH is 1. The fourth-order valence-corrected chi connectivity index (χ4v) is 6.06. The maximum absolute atomic E-state index is 14.0. The molecule has 0 radical (unpaired) electrons. The van der Waals surface area contributed by atoms with Crippen LogP contribution < -0.4 is 0 Å². The zero-order valence-corrected chi connectivity index (χ0v) is 21.5. The second-order valence-electron chi connectivity index (χ2n) is 8.86. The van der Waals surface area contributed by atoms with Crippen molar-refractivity contribution in [2.45, 2.75) is 33.2 Å². The average Bonchev–Trinajstić information content (AvgIpc) is 3.51. The molecule has 9 heteroatoms. The number of aryl methyl sites for hydroxylation is 1. The van der Waals surface area contributed by atoms with Crippen LogP contribution in [-0.2, 0) is 4.79 Å². The molecule has 1 aliphatic rings. The lowest BCUT2D eigenvalue weighted by atomic mass is 9.98. The number of rotatable bonds is 9. The van der Waals surface area contributed by atoms with Gasteiger partial charge in [0, 0.05) is 18.4 Å². The summed E-state index contributed by atoms with van der Waals surface area (Å²) in [5.74, 6) is -1.38. The van der Waals surface area contributed by atoms with Crippen molar-refractivity contribution in [2.75, 3.05) is 26.2 Å². The topological polar surface area (TPSA) is 91.0 Å². The average molecular weight is 504 g/mol. The van der Waals surface area contributed by atoms with E-state index >= 15 is 0 Å². The predicted molar refractivity (Wildman–Crippen MR) is 140 cm³/mol. The van der Waals surface area contributed by atoms with Crippen LogP contribution in [0.3, 0.4) is 0 Å². The molecule has 5 rings (SSSR count). The Morgan fingerprint density at radius 3 is 2.61 bits per heavy atom. The van der Waals surface area contributed by atoms with Gasteiger partial charge in [-0.2, -0.15) is 0 Å². The minimum Gasteiger partial charge on any atom is -0.503 e. The van der Waals surface area contributed by atoms with Gasteiger partial charge in [0.2, 0.25) is 5.78 Å². The number of pyridine rings is 1. The third kappa shape index (κ3) is 3.98. The molecule has 1 amide bonds. The number of fused-ring (bicyclic) bond motifs is 3. The number of amides is 1. The van der Waals surface area contributed by atoms with Crippen LogP contribution in [0.1, 0.15) is 47.4 Å². The van der Waals surface area contributed by atoms with E-state index in [1.54, 1.807) is 23.2 Å². The van der Waals surface area contributed by atoms with Crippen LogP contribution in [0.25, 0.3) is 16.0 Å². The van der Waals surface area contributed by atoms with Gasteiger partial charge < -0.3 is 14.9 Å². The van der Waals surface area contributed by atoms with E-state index in [4.69, 9.17) is 0 Å². The highest BCUT2D eigenvalue weighted by atomic mass is 32.1. The first-order valence-electron chi connectivity index (χ1n) is 12.2. The van der Waals surface area contributed by atoms with E-state index in [0.717, 1.165) is 42.8 Å². The normalized spacial score (nSPS) is 16.3. The van der Waals surface area contributed by atoms with Gasteiger partial charge in [0.25, 0.3) is 5.91 Å². The first kappa shape index (κ1) is 24.1. The first-order valence-corrected chi connectivity index (χ1v) is 13.1. The fourth-order valence-electron chi connectivity index (χ4n) is 4.96. The highest BCUT2D eigenvalue weighted by molar-refractivity contribution is 7.19. The van der Waals surface area contributed by atoms with E-state index in [-0.39, 0.29) is 11.4 Å². The Labute approximate surface area is 213 Å². The summed E-state index contributed by atoms with van der Waals surface area (Å²) in [6, 6.07) is 12.4. The molecule has 0 saturated carbocycles. The largest absolute Gasteiger partial charge is 0.503 e. The second kappa shape index (κ2) is 9.83. The number of imidazole rings is 1. The summed E-state index contributed by atoms with van der Waals surface area (Å²) >= 11 is 1.27. The molecule has 0 fully saturated rings. The summed E-state index contributed by atoms with van der Waals surface area (Å²) in [7, 11) is 0. The second-order valence-corrected chi connectivity index (χ2v) is 9.84. The van der Waals surface area contributed by atoms with E-state index in [1.165, 1.54) is 11.3 Å². The number of hydrogen-bond donors (Lipinski definition) is 1. The van der Waals surface area contributed by atoms with Crippen LogP contribution in [0.2, 0.25) is 0 Å². The Hall–Kier alpha value is -3.56. The number of aromatic nitrogens is 3. The molecule has 0 aliphatic carbocycles. The molecule has 1 atom stereocenters. The third-order valence-electron chi connectivity index (χ3n) is 6.88. The molecule has 4 heterocycles. The molecule has 0 spiro atoms. The molecule has 3 aromatic heterocycles. The van der Waals surface area contributed by atoms with Gasteiger partial charge in [-0.1, -0.05) is 43.4 Å². The van der Waals surface area contributed by atoms with Gasteiger partial charge in [-0.25, -0.2) is 4.98 Å². The number of ketones is 1. The van der Waals surface area contributed by atoms with Crippen molar-refractivity contribution in [3.63, 3.8) is 0 Å². The smallest absolute Gasteiger partial charge is 0.290 e. The molecule has 1 unspecified atom stereocenters. The Balaban J connectivity index is 1.53. The first-order chi connectivity index (χ1) is 17.5. The third-order valence-corrected chi connectivity index (χ3v) is 8.02. The Morgan fingerprint density at radius 2 is 1.89 bits per heavy atom. The summed E-state index contributed by atoms with van der Waals surface area (Å²) in [6.07, 6.45) is 2.37. The van der Waals surface area contributed by atoms with E-state index in [9.17, 15) is 14.7 Å². The fraction of sp³-hybridized carbons (Fsp3) is 0.333. The zero-order valence-electron chi connectivity index (χ0n) is 20.6. The van der Waals surface area contributed by atoms with Crippen LogP contribution in [0.5, 0.6) is 0 Å². The van der Waals surface area contributed by atoms with Gasteiger partial charge >= 0.3 is 0 Å². The summed E-state index contributed by atoms with van der Waals surface area (Å²) in [6.45, 7) is 9.17. The number of para-hydroxylation sites is 2. The molecular weight excluding hydrogens is 474 g/mol. The highest BCUT2D eigenvalue weighted by Gasteiger charge is 2.45. The van der Waals surface area contributed by atoms with Crippen molar-refractivity contribution >= 4 is 39.0 Å². The van der Waals surface area contributed by atoms with Crippen LogP contribution >= 0.6 is 11.3 Å². The number of hydrogen-bond acceptors (Lipinski definition) is 7. The minimum atomic E-state index is -0.742. The van der Waals surface area contributed by atoms with Gasteiger partial charge in [-0.05, 0) is 57.2 Å². The van der Waals surface area contributed by atoms with Crippen molar-refractivity contribution in [3.8, 4) is 0 Å². The van der Waals surface area contributed by atoms with Crippen molar-refractivity contribution in [1.82, 2.24) is 24.2 Å². The van der Waals surface area contributed by atoms with Crippen molar-refractivity contribution in [3.05, 3.63) is 76.3 Å². The van der Waals surface area contributed by atoms with Crippen LogP contribution in [0, 0.1) is 6.92 Å². The maximum Gasteiger partial charge on any atom is 0.290 e. The lowest BCUT2D eigenvalue weighted by molar-refractivity contribution is -0.129. The SMILES string of the molecule is CCN(CC)CCCN1C(=O)C(O)=C(C(=O)c2sc3nc4ccccc4n3c2C)C1c1ccccn1. The molecule has 0 saturated heterocycles. The van der Waals surface area contributed by atoms with Gasteiger partial charge in [-0.3, -0.25) is 19.0 Å². The molecule has 0 bridgehead atoms. The summed E-state index contributed by atoms with van der Waals surface area (Å²) < 4.78 is 1.96. The number of carbonyl (C=O) groups is 2. The summed E-state index contributed by atoms with van der Waals surface area (Å²) in [5, 5.41) is 11.0. The number of carbonyl (C=O) groups excluding carboxylic acids is 2. The lowest BCUT2D eigenvalue weighted by Crippen LogP contribution is -2.34. The highest BCUT2D eigenvalue weighted by Crippen LogP contribution is 2.40. The summed E-state index contributed by atoms with van der Waals surface area (Å²) in [5.41, 5.74) is 3.15. The molecule has 1 aliphatic heterocycles. The summed E-state index contributed by atoms with van der Waals surface area (Å²) in [4.78, 5) is 41.4. The minimum absolute atomic E-state index is 0.0819.